The van der Waals surface area contributed by atoms with Crippen molar-refractivity contribution in [2.24, 2.45) is 0 Å². The number of piperazine rings is 1. The van der Waals surface area contributed by atoms with E-state index in [4.69, 9.17) is 0 Å². The lowest BCUT2D eigenvalue weighted by molar-refractivity contribution is -0.151. The van der Waals surface area contributed by atoms with Gasteiger partial charge in [0.1, 0.15) is 12.1 Å². The second-order valence-corrected chi connectivity index (χ2v) is 6.06. The number of nitrogens with zero attached hydrogens (tertiary/aromatic N) is 1. The summed E-state index contributed by atoms with van der Waals surface area (Å²) in [6.07, 6.45) is 1.46. The van der Waals surface area contributed by atoms with Crippen LogP contribution in [-0.4, -0.2) is 34.8 Å². The first kappa shape index (κ1) is 14.1. The minimum atomic E-state index is -0.416. The number of nitrogens with one attached hydrogen (secondary N) is 1. The summed E-state index contributed by atoms with van der Waals surface area (Å²) < 4.78 is 0. The number of carbonyl (C=O) groups is 2. The first-order valence-electron chi connectivity index (χ1n) is 6.69. The third-order valence-corrected chi connectivity index (χ3v) is 4.46. The van der Waals surface area contributed by atoms with E-state index in [2.05, 4.69) is 11.4 Å². The van der Waals surface area contributed by atoms with Crippen LogP contribution < -0.4 is 5.32 Å². The van der Waals surface area contributed by atoms with Gasteiger partial charge in [0.15, 0.2) is 0 Å². The largest absolute Gasteiger partial charge is 0.343 e. The molecule has 1 aromatic heterocycles. The molecule has 2 amide bonds. The molecule has 1 fully saturated rings. The fourth-order valence-corrected chi connectivity index (χ4v) is 3.43. The lowest BCUT2D eigenvalue weighted by Gasteiger charge is -2.41. The number of rotatable bonds is 4. The highest BCUT2D eigenvalue weighted by Crippen LogP contribution is 2.21. The van der Waals surface area contributed by atoms with Crippen LogP contribution in [0.4, 0.5) is 0 Å². The maximum atomic E-state index is 12.3. The van der Waals surface area contributed by atoms with Crippen LogP contribution in [0.1, 0.15) is 32.1 Å². The molecule has 19 heavy (non-hydrogen) atoms. The van der Waals surface area contributed by atoms with Crippen LogP contribution >= 0.6 is 11.3 Å². The molecule has 3 unspecified atom stereocenters. The first-order chi connectivity index (χ1) is 9.04. The summed E-state index contributed by atoms with van der Waals surface area (Å²) in [6, 6.07) is 3.38. The standard InChI is InChI=1S/C14H20N2O2S/c1-4-12-13(17)15-10(3)14(18)16(12)9(2)8-11-6-5-7-19-11/h5-7,9-10,12H,4,8H2,1-3H3,(H,15,17). The molecule has 104 valence electrons. The average Bonchev–Trinajstić information content (AvgIpc) is 2.85. The number of hydrogen-bond donors (Lipinski definition) is 1. The van der Waals surface area contributed by atoms with Gasteiger partial charge in [-0.25, -0.2) is 0 Å². The van der Waals surface area contributed by atoms with Gasteiger partial charge in [0, 0.05) is 17.3 Å². The van der Waals surface area contributed by atoms with Crippen molar-refractivity contribution in [1.29, 1.82) is 0 Å². The summed E-state index contributed by atoms with van der Waals surface area (Å²) in [5.74, 6) is -0.0110. The Morgan fingerprint density at radius 1 is 1.47 bits per heavy atom. The lowest BCUT2D eigenvalue weighted by Crippen LogP contribution is -2.64. The van der Waals surface area contributed by atoms with E-state index in [-0.39, 0.29) is 23.9 Å². The Labute approximate surface area is 117 Å². The van der Waals surface area contributed by atoms with Crippen molar-refractivity contribution in [2.75, 3.05) is 0 Å². The maximum absolute atomic E-state index is 12.3. The lowest BCUT2D eigenvalue weighted by atomic mass is 10.0. The van der Waals surface area contributed by atoms with Gasteiger partial charge in [-0.05, 0) is 31.7 Å². The molecule has 1 aromatic rings. The minimum Gasteiger partial charge on any atom is -0.343 e. The third-order valence-electron chi connectivity index (χ3n) is 3.56. The molecular formula is C14H20N2O2S. The van der Waals surface area contributed by atoms with Gasteiger partial charge in [0.2, 0.25) is 11.8 Å². The molecule has 0 aromatic carbocycles. The van der Waals surface area contributed by atoms with E-state index in [0.29, 0.717) is 6.42 Å². The molecule has 5 heteroatoms. The van der Waals surface area contributed by atoms with Gasteiger partial charge in [-0.3, -0.25) is 9.59 Å². The first-order valence-corrected chi connectivity index (χ1v) is 7.57. The molecule has 4 nitrogen and oxygen atoms in total. The third kappa shape index (κ3) is 2.81. The van der Waals surface area contributed by atoms with Crippen molar-refractivity contribution < 1.29 is 9.59 Å². The Bertz CT molecular complexity index is 458. The van der Waals surface area contributed by atoms with E-state index in [1.165, 1.54) is 4.88 Å². The normalized spacial score (nSPS) is 25.3. The van der Waals surface area contributed by atoms with Crippen molar-refractivity contribution in [1.82, 2.24) is 10.2 Å². The van der Waals surface area contributed by atoms with E-state index in [1.54, 1.807) is 23.2 Å². The van der Waals surface area contributed by atoms with Crippen molar-refractivity contribution in [3.63, 3.8) is 0 Å². The number of thiophene rings is 1. The highest BCUT2D eigenvalue weighted by Gasteiger charge is 2.39. The molecule has 1 aliphatic heterocycles. The molecule has 1 saturated heterocycles. The van der Waals surface area contributed by atoms with Crippen molar-refractivity contribution in [3.8, 4) is 0 Å². The molecule has 2 heterocycles. The fraction of sp³-hybridized carbons (Fsp3) is 0.571. The smallest absolute Gasteiger partial charge is 0.245 e. The van der Waals surface area contributed by atoms with E-state index in [1.807, 2.05) is 25.3 Å². The topological polar surface area (TPSA) is 49.4 Å². The predicted molar refractivity (Wildman–Crippen MR) is 76.0 cm³/mol. The van der Waals surface area contributed by atoms with Gasteiger partial charge in [0.25, 0.3) is 0 Å². The van der Waals surface area contributed by atoms with Gasteiger partial charge < -0.3 is 10.2 Å². The molecule has 1 N–H and O–H groups in total. The van der Waals surface area contributed by atoms with E-state index in [0.717, 1.165) is 6.42 Å². The van der Waals surface area contributed by atoms with Crippen LogP contribution in [-0.2, 0) is 16.0 Å². The highest BCUT2D eigenvalue weighted by atomic mass is 32.1. The molecule has 3 atom stereocenters. The molecule has 2 rings (SSSR count). The second kappa shape index (κ2) is 5.74. The van der Waals surface area contributed by atoms with Crippen molar-refractivity contribution in [2.45, 2.75) is 51.7 Å². The Kier molecular flexibility index (Phi) is 4.24. The Morgan fingerprint density at radius 3 is 2.79 bits per heavy atom. The van der Waals surface area contributed by atoms with Crippen LogP contribution in [0.25, 0.3) is 0 Å². The van der Waals surface area contributed by atoms with Crippen LogP contribution in [0.2, 0.25) is 0 Å². The van der Waals surface area contributed by atoms with Gasteiger partial charge in [-0.15, -0.1) is 11.3 Å². The Morgan fingerprint density at radius 2 is 2.21 bits per heavy atom. The van der Waals surface area contributed by atoms with Gasteiger partial charge >= 0.3 is 0 Å². The van der Waals surface area contributed by atoms with Crippen LogP contribution in [0.15, 0.2) is 17.5 Å². The molecule has 0 aliphatic carbocycles. The SMILES string of the molecule is CCC1C(=O)NC(C)C(=O)N1C(C)Cc1cccs1. The monoisotopic (exact) mass is 280 g/mol. The summed E-state index contributed by atoms with van der Waals surface area (Å²) in [5, 5.41) is 4.78. The number of amides is 2. The van der Waals surface area contributed by atoms with E-state index >= 15 is 0 Å². The summed E-state index contributed by atoms with van der Waals surface area (Å²) >= 11 is 1.69. The number of hydrogen-bond acceptors (Lipinski definition) is 3. The van der Waals surface area contributed by atoms with Crippen LogP contribution in [0, 0.1) is 0 Å². The predicted octanol–water partition coefficient (Wildman–Crippen LogP) is 1.80. The number of carbonyl (C=O) groups excluding carboxylic acids is 2. The molecule has 0 spiro atoms. The summed E-state index contributed by atoms with van der Waals surface area (Å²) in [6.45, 7) is 5.71. The summed E-state index contributed by atoms with van der Waals surface area (Å²) in [4.78, 5) is 27.3. The molecular weight excluding hydrogens is 260 g/mol. The second-order valence-electron chi connectivity index (χ2n) is 5.03. The van der Waals surface area contributed by atoms with Gasteiger partial charge in [0.05, 0.1) is 0 Å². The molecule has 0 radical (unpaired) electrons. The zero-order chi connectivity index (χ0) is 14.0. The summed E-state index contributed by atoms with van der Waals surface area (Å²) in [7, 11) is 0. The molecule has 1 aliphatic rings. The Hall–Kier alpha value is -1.36. The zero-order valence-corrected chi connectivity index (χ0v) is 12.4. The van der Waals surface area contributed by atoms with E-state index in [9.17, 15) is 9.59 Å². The summed E-state index contributed by atoms with van der Waals surface area (Å²) in [5.41, 5.74) is 0. The van der Waals surface area contributed by atoms with Crippen LogP contribution in [0.5, 0.6) is 0 Å². The zero-order valence-electron chi connectivity index (χ0n) is 11.6. The average molecular weight is 280 g/mol. The van der Waals surface area contributed by atoms with E-state index < -0.39 is 6.04 Å². The quantitative estimate of drug-likeness (QED) is 0.914. The molecule has 0 bridgehead atoms. The fourth-order valence-electron chi connectivity index (χ4n) is 2.60. The maximum Gasteiger partial charge on any atom is 0.245 e. The van der Waals surface area contributed by atoms with Crippen molar-refractivity contribution in [3.05, 3.63) is 22.4 Å². The van der Waals surface area contributed by atoms with Crippen molar-refractivity contribution >= 4 is 23.2 Å². The molecule has 0 saturated carbocycles. The van der Waals surface area contributed by atoms with Crippen LogP contribution in [0.3, 0.4) is 0 Å². The van der Waals surface area contributed by atoms with Gasteiger partial charge in [-0.2, -0.15) is 0 Å². The Balaban J connectivity index is 2.17. The minimum absolute atomic E-state index is 0.0236. The highest BCUT2D eigenvalue weighted by molar-refractivity contribution is 7.09. The van der Waals surface area contributed by atoms with Gasteiger partial charge in [-0.1, -0.05) is 13.0 Å².